The molecule has 1 unspecified atom stereocenters. The third-order valence-electron chi connectivity index (χ3n) is 3.81. The van der Waals surface area contributed by atoms with E-state index in [1.54, 1.807) is 0 Å². The van der Waals surface area contributed by atoms with Gasteiger partial charge < -0.3 is 5.32 Å². The molecular formula is C13H24N2. The molecule has 2 aliphatic rings. The van der Waals surface area contributed by atoms with Crippen LogP contribution in [-0.4, -0.2) is 36.6 Å². The summed E-state index contributed by atoms with van der Waals surface area (Å²) in [5, 5.41) is 3.44. The van der Waals surface area contributed by atoms with Crippen molar-refractivity contribution in [2.45, 2.75) is 44.7 Å². The van der Waals surface area contributed by atoms with Crippen LogP contribution in [0.3, 0.4) is 0 Å². The maximum absolute atomic E-state index is 3.93. The molecule has 0 amide bonds. The van der Waals surface area contributed by atoms with Crippen molar-refractivity contribution in [1.29, 1.82) is 0 Å². The molecule has 0 aromatic rings. The van der Waals surface area contributed by atoms with Gasteiger partial charge >= 0.3 is 0 Å². The average Bonchev–Trinajstić information content (AvgIpc) is 3.10. The summed E-state index contributed by atoms with van der Waals surface area (Å²) in [6.45, 7) is 9.93. The van der Waals surface area contributed by atoms with Crippen LogP contribution in [0.25, 0.3) is 0 Å². The monoisotopic (exact) mass is 208 g/mol. The quantitative estimate of drug-likeness (QED) is 0.695. The maximum Gasteiger partial charge on any atom is 0.0250 e. The van der Waals surface area contributed by atoms with E-state index in [4.69, 9.17) is 0 Å². The summed E-state index contributed by atoms with van der Waals surface area (Å²) < 4.78 is 0. The maximum atomic E-state index is 3.93. The Hall–Kier alpha value is -0.340. The summed E-state index contributed by atoms with van der Waals surface area (Å²) in [7, 11) is 0. The predicted octanol–water partition coefficient (Wildman–Crippen LogP) is 2.02. The minimum atomic E-state index is 0.562. The second-order valence-corrected chi connectivity index (χ2v) is 5.10. The van der Waals surface area contributed by atoms with Crippen molar-refractivity contribution in [3.8, 4) is 0 Å². The van der Waals surface area contributed by atoms with E-state index in [-0.39, 0.29) is 0 Å². The van der Waals surface area contributed by atoms with Crippen LogP contribution in [-0.2, 0) is 0 Å². The molecule has 2 nitrogen and oxygen atoms in total. The molecule has 2 rings (SSSR count). The summed E-state index contributed by atoms with van der Waals surface area (Å²) in [6, 6.07) is 1.43. The van der Waals surface area contributed by atoms with Gasteiger partial charge in [0.1, 0.15) is 0 Å². The summed E-state index contributed by atoms with van der Waals surface area (Å²) in [5.41, 5.74) is 0. The highest BCUT2D eigenvalue weighted by Crippen LogP contribution is 2.30. The van der Waals surface area contributed by atoms with Crippen molar-refractivity contribution in [2.75, 3.05) is 19.6 Å². The Bertz CT molecular complexity index is 205. The second-order valence-electron chi connectivity index (χ2n) is 5.10. The lowest BCUT2D eigenvalue weighted by Crippen LogP contribution is -2.41. The van der Waals surface area contributed by atoms with Gasteiger partial charge in [0.2, 0.25) is 0 Å². The van der Waals surface area contributed by atoms with Crippen molar-refractivity contribution in [3.63, 3.8) is 0 Å². The first-order valence-corrected chi connectivity index (χ1v) is 6.40. The lowest BCUT2D eigenvalue weighted by molar-refractivity contribution is 0.174. The molecule has 1 N–H and O–H groups in total. The van der Waals surface area contributed by atoms with Crippen LogP contribution in [0.15, 0.2) is 12.7 Å². The predicted molar refractivity (Wildman–Crippen MR) is 65.0 cm³/mol. The topological polar surface area (TPSA) is 15.3 Å². The number of rotatable bonds is 5. The minimum Gasteiger partial charge on any atom is -0.317 e. The van der Waals surface area contributed by atoms with Gasteiger partial charge in [-0.1, -0.05) is 6.08 Å². The summed E-state index contributed by atoms with van der Waals surface area (Å²) >= 11 is 0. The Kier molecular flexibility index (Phi) is 3.81. The fraction of sp³-hybridized carbons (Fsp3) is 0.846. The molecule has 2 heteroatoms. The van der Waals surface area contributed by atoms with Crippen LogP contribution >= 0.6 is 0 Å². The summed E-state index contributed by atoms with van der Waals surface area (Å²) in [4.78, 5) is 2.67. The van der Waals surface area contributed by atoms with E-state index >= 15 is 0 Å². The molecule has 1 atom stereocenters. The average molecular weight is 208 g/mol. The van der Waals surface area contributed by atoms with E-state index in [0.29, 0.717) is 6.04 Å². The van der Waals surface area contributed by atoms with Gasteiger partial charge in [0.05, 0.1) is 0 Å². The molecule has 1 aliphatic heterocycles. The third-order valence-corrected chi connectivity index (χ3v) is 3.81. The number of hydrogen-bond acceptors (Lipinski definition) is 2. The molecular weight excluding hydrogens is 184 g/mol. The Labute approximate surface area is 93.7 Å². The standard InChI is InChI=1S/C13H24N2/c1-3-11(2)15(13-4-5-13)10-12-6-8-14-9-7-12/h3,11-14H,1,4-10H2,2H3. The van der Waals surface area contributed by atoms with Gasteiger partial charge in [-0.05, 0) is 51.6 Å². The molecule has 1 heterocycles. The van der Waals surface area contributed by atoms with Crippen molar-refractivity contribution < 1.29 is 0 Å². The fourth-order valence-electron chi connectivity index (χ4n) is 2.55. The summed E-state index contributed by atoms with van der Waals surface area (Å²) in [6.07, 6.45) is 7.62. The van der Waals surface area contributed by atoms with Crippen molar-refractivity contribution in [3.05, 3.63) is 12.7 Å². The highest BCUT2D eigenvalue weighted by molar-refractivity contribution is 4.94. The van der Waals surface area contributed by atoms with Gasteiger partial charge in [0.15, 0.2) is 0 Å². The Balaban J connectivity index is 1.84. The van der Waals surface area contributed by atoms with E-state index in [1.165, 1.54) is 45.3 Å². The van der Waals surface area contributed by atoms with Gasteiger partial charge in [-0.3, -0.25) is 4.90 Å². The van der Waals surface area contributed by atoms with Crippen molar-refractivity contribution in [1.82, 2.24) is 10.2 Å². The molecule has 0 bridgehead atoms. The van der Waals surface area contributed by atoms with E-state index in [2.05, 4.69) is 29.8 Å². The number of nitrogens with zero attached hydrogens (tertiary/aromatic N) is 1. The Morgan fingerprint density at radius 3 is 2.53 bits per heavy atom. The zero-order valence-electron chi connectivity index (χ0n) is 9.91. The fourth-order valence-corrected chi connectivity index (χ4v) is 2.55. The van der Waals surface area contributed by atoms with Crippen molar-refractivity contribution >= 4 is 0 Å². The Morgan fingerprint density at radius 2 is 2.00 bits per heavy atom. The summed E-state index contributed by atoms with van der Waals surface area (Å²) in [5.74, 6) is 0.911. The lowest BCUT2D eigenvalue weighted by atomic mass is 9.97. The molecule has 0 aromatic carbocycles. The van der Waals surface area contributed by atoms with Crippen LogP contribution in [0.4, 0.5) is 0 Å². The lowest BCUT2D eigenvalue weighted by Gasteiger charge is -2.33. The zero-order valence-corrected chi connectivity index (χ0v) is 9.91. The van der Waals surface area contributed by atoms with Gasteiger partial charge in [0.25, 0.3) is 0 Å². The second kappa shape index (κ2) is 5.13. The molecule has 86 valence electrons. The molecule has 0 spiro atoms. The zero-order chi connectivity index (χ0) is 10.7. The van der Waals surface area contributed by atoms with Gasteiger partial charge in [-0.25, -0.2) is 0 Å². The third kappa shape index (κ3) is 3.05. The molecule has 2 fully saturated rings. The molecule has 1 saturated heterocycles. The highest BCUT2D eigenvalue weighted by Gasteiger charge is 2.32. The SMILES string of the molecule is C=CC(C)N(CC1CCNCC1)C1CC1. The molecule has 15 heavy (non-hydrogen) atoms. The van der Waals surface area contributed by atoms with Gasteiger partial charge in [0, 0.05) is 18.6 Å². The Morgan fingerprint density at radius 1 is 1.33 bits per heavy atom. The van der Waals surface area contributed by atoms with Crippen molar-refractivity contribution in [2.24, 2.45) is 5.92 Å². The van der Waals surface area contributed by atoms with Crippen LogP contribution in [0.5, 0.6) is 0 Å². The largest absolute Gasteiger partial charge is 0.317 e. The van der Waals surface area contributed by atoms with E-state index in [0.717, 1.165) is 12.0 Å². The normalized spacial score (nSPS) is 25.5. The first kappa shape index (κ1) is 11.2. The molecule has 1 saturated carbocycles. The first-order valence-electron chi connectivity index (χ1n) is 6.40. The number of hydrogen-bond donors (Lipinski definition) is 1. The van der Waals surface area contributed by atoms with E-state index < -0.39 is 0 Å². The molecule has 0 aromatic heterocycles. The van der Waals surface area contributed by atoms with Gasteiger partial charge in [-0.15, -0.1) is 6.58 Å². The van der Waals surface area contributed by atoms with E-state index in [1.807, 2.05) is 0 Å². The van der Waals surface area contributed by atoms with Gasteiger partial charge in [-0.2, -0.15) is 0 Å². The first-order chi connectivity index (χ1) is 7.31. The van der Waals surface area contributed by atoms with Crippen LogP contribution in [0.2, 0.25) is 0 Å². The number of nitrogens with one attached hydrogen (secondary N) is 1. The van der Waals surface area contributed by atoms with Crippen LogP contribution in [0.1, 0.15) is 32.6 Å². The molecule has 0 radical (unpaired) electrons. The highest BCUT2D eigenvalue weighted by atomic mass is 15.2. The molecule has 1 aliphatic carbocycles. The minimum absolute atomic E-state index is 0.562. The smallest absolute Gasteiger partial charge is 0.0250 e. The van der Waals surface area contributed by atoms with Crippen LogP contribution < -0.4 is 5.32 Å². The number of piperidine rings is 1. The van der Waals surface area contributed by atoms with Crippen LogP contribution in [0, 0.1) is 5.92 Å². The van der Waals surface area contributed by atoms with E-state index in [9.17, 15) is 0 Å².